The fraction of sp³-hybridized carbons (Fsp3) is 0.273. The quantitative estimate of drug-likeness (QED) is 0.154. The first kappa shape index (κ1) is 38.7. The number of hydrogen-bond donors (Lipinski definition) is 0. The number of rotatable bonds is 6. The van der Waals surface area contributed by atoms with E-state index in [2.05, 4.69) is 203 Å². The molecule has 6 heteroatoms. The molecule has 5 nitrogen and oxygen atoms in total. The van der Waals surface area contributed by atoms with E-state index < -0.39 is 5.41 Å². The molecule has 1 atom stereocenters. The third-order valence-corrected chi connectivity index (χ3v) is 14.7. The Morgan fingerprint density at radius 1 is 0.557 bits per heavy atom. The minimum atomic E-state index is -0.729. The van der Waals surface area contributed by atoms with Crippen LogP contribution in [0.4, 0.5) is 22.7 Å². The van der Waals surface area contributed by atoms with E-state index in [4.69, 9.17) is 0 Å². The Labute approximate surface area is 375 Å². The van der Waals surface area contributed by atoms with E-state index in [1.165, 1.54) is 95.7 Å². The van der Waals surface area contributed by atoms with Crippen LogP contribution in [0.1, 0.15) is 87.5 Å². The molecule has 2 saturated carbocycles. The van der Waals surface area contributed by atoms with Gasteiger partial charge in [-0.3, -0.25) is 0 Å². The van der Waals surface area contributed by atoms with Gasteiger partial charge in [0, 0.05) is 50.7 Å². The maximum absolute atomic E-state index is 4.17. The van der Waals surface area contributed by atoms with Crippen LogP contribution in [0.5, 0.6) is 0 Å². The molecular formula is C55H51N5Pt. The minimum Gasteiger partial charge on any atom is -0.505 e. The first-order chi connectivity index (χ1) is 29.6. The van der Waals surface area contributed by atoms with Crippen molar-refractivity contribution in [2.45, 2.75) is 82.7 Å². The molecule has 61 heavy (non-hydrogen) atoms. The molecule has 5 aliphatic rings. The minimum absolute atomic E-state index is 0. The van der Waals surface area contributed by atoms with Gasteiger partial charge in [-0.05, 0) is 105 Å². The number of anilines is 4. The molecular weight excluding hydrogens is 926 g/mol. The Balaban J connectivity index is 0.00000420. The third kappa shape index (κ3) is 6.04. The molecule has 4 heterocycles. The Bertz CT molecular complexity index is 2770. The number of nitrogens with zero attached hydrogens (tertiary/aromatic N) is 5. The van der Waals surface area contributed by atoms with Gasteiger partial charge < -0.3 is 24.2 Å². The van der Waals surface area contributed by atoms with Crippen LogP contribution in [0.2, 0.25) is 0 Å². The van der Waals surface area contributed by atoms with Crippen LogP contribution in [0.15, 0.2) is 140 Å². The van der Waals surface area contributed by atoms with Crippen LogP contribution in [0.3, 0.4) is 0 Å². The summed E-state index contributed by atoms with van der Waals surface area (Å²) in [5, 5.41) is 2.53. The van der Waals surface area contributed by atoms with Gasteiger partial charge in [-0.25, -0.2) is 0 Å². The molecule has 0 saturated heterocycles. The summed E-state index contributed by atoms with van der Waals surface area (Å²) in [6.45, 7) is 9.47. The van der Waals surface area contributed by atoms with Crippen molar-refractivity contribution < 1.29 is 21.1 Å². The Hall–Kier alpha value is -5.25. The zero-order valence-corrected chi connectivity index (χ0v) is 37.2. The van der Waals surface area contributed by atoms with E-state index in [0.717, 1.165) is 40.0 Å². The van der Waals surface area contributed by atoms with E-state index in [0.29, 0.717) is 12.1 Å². The van der Waals surface area contributed by atoms with Gasteiger partial charge in [-0.15, -0.1) is 34.6 Å². The maximum Gasteiger partial charge on any atom is 4.00 e. The molecule has 0 bridgehead atoms. The van der Waals surface area contributed by atoms with Gasteiger partial charge in [0.15, 0.2) is 0 Å². The number of para-hydroxylation sites is 4. The zero-order chi connectivity index (χ0) is 40.0. The van der Waals surface area contributed by atoms with E-state index in [1.54, 1.807) is 0 Å². The average molecular weight is 977 g/mol. The zero-order valence-electron chi connectivity index (χ0n) is 35.0. The summed E-state index contributed by atoms with van der Waals surface area (Å²) in [6.07, 6.45) is 14.5. The van der Waals surface area contributed by atoms with Crippen molar-refractivity contribution in [2.75, 3.05) is 14.7 Å². The van der Waals surface area contributed by atoms with Crippen LogP contribution in [0.25, 0.3) is 27.5 Å². The Morgan fingerprint density at radius 2 is 1.25 bits per heavy atom. The fourth-order valence-corrected chi connectivity index (χ4v) is 11.5. The summed E-state index contributed by atoms with van der Waals surface area (Å²) in [5.41, 5.74) is 12.2. The molecule has 1 aromatic heterocycles. The number of benzene rings is 6. The second-order valence-electron chi connectivity index (χ2n) is 18.2. The Kier molecular flexibility index (Phi) is 9.68. The largest absolute Gasteiger partial charge is 4.00 e. The van der Waals surface area contributed by atoms with Crippen LogP contribution in [-0.4, -0.2) is 21.6 Å². The first-order valence-electron chi connectivity index (χ1n) is 22.3. The summed E-state index contributed by atoms with van der Waals surface area (Å²) in [4.78, 5) is 9.68. The van der Waals surface area contributed by atoms with Crippen molar-refractivity contribution >= 4 is 44.6 Å². The summed E-state index contributed by atoms with van der Waals surface area (Å²) < 4.78 is 2.51. The van der Waals surface area contributed by atoms with Crippen LogP contribution in [0, 0.1) is 37.3 Å². The van der Waals surface area contributed by atoms with Gasteiger partial charge in [-0.1, -0.05) is 98.4 Å². The summed E-state index contributed by atoms with van der Waals surface area (Å²) in [5.74, 6) is 1.61. The molecule has 306 valence electrons. The predicted octanol–water partition coefficient (Wildman–Crippen LogP) is 13.0. The first-order valence-corrected chi connectivity index (χ1v) is 22.3. The number of aromatic nitrogens is 1. The fourth-order valence-electron chi connectivity index (χ4n) is 11.5. The molecule has 0 N–H and O–H groups in total. The van der Waals surface area contributed by atoms with Crippen molar-refractivity contribution in [3.63, 3.8) is 0 Å². The van der Waals surface area contributed by atoms with E-state index in [-0.39, 0.29) is 21.1 Å². The molecule has 6 aromatic carbocycles. The van der Waals surface area contributed by atoms with E-state index in [1.807, 2.05) is 0 Å². The van der Waals surface area contributed by atoms with Gasteiger partial charge >= 0.3 is 21.1 Å². The molecule has 7 aromatic rings. The molecule has 2 aliphatic carbocycles. The standard InChI is InChI=1S/C55H51N5.Pt/c1-38-22-26-42(27-23-38)56-32-33-57(36-56)44-30-31-51-49(35-44)55(40-12-4-3-5-13-40,48-18-11-17-47-46-16-6-7-19-50(46)60(51)54(47)48)41-14-10-15-45(34-41)59-37-58(43-28-24-39(2)25-29-43)52-20-8-9-21-53(52)59;/h3-21,30-33,36-39,42-43H,22-29H2,1-2H3;/q-4;+4. The number of hydrogen-bond acceptors (Lipinski definition) is 4. The summed E-state index contributed by atoms with van der Waals surface area (Å²) in [7, 11) is 0. The molecule has 0 amide bonds. The van der Waals surface area contributed by atoms with Gasteiger partial charge in [0.2, 0.25) is 0 Å². The Morgan fingerprint density at radius 3 is 2.05 bits per heavy atom. The van der Waals surface area contributed by atoms with Crippen LogP contribution in [-0.2, 0) is 26.5 Å². The van der Waals surface area contributed by atoms with Crippen LogP contribution >= 0.6 is 0 Å². The normalized spacial score (nSPS) is 24.3. The van der Waals surface area contributed by atoms with Crippen molar-refractivity contribution in [2.24, 2.45) is 11.8 Å². The van der Waals surface area contributed by atoms with Crippen LogP contribution < -0.4 is 14.7 Å². The maximum atomic E-state index is 4.17. The van der Waals surface area contributed by atoms with Gasteiger partial charge in [0.25, 0.3) is 0 Å². The van der Waals surface area contributed by atoms with Crippen molar-refractivity contribution in [3.8, 4) is 5.69 Å². The summed E-state index contributed by atoms with van der Waals surface area (Å²) in [6, 6.07) is 56.7. The van der Waals surface area contributed by atoms with Gasteiger partial charge in [-0.2, -0.15) is 43.7 Å². The molecule has 0 radical (unpaired) electrons. The van der Waals surface area contributed by atoms with Gasteiger partial charge in [0.05, 0.1) is 0 Å². The van der Waals surface area contributed by atoms with Crippen molar-refractivity contribution in [1.29, 1.82) is 0 Å². The predicted molar refractivity (Wildman–Crippen MR) is 246 cm³/mol. The summed E-state index contributed by atoms with van der Waals surface area (Å²) >= 11 is 0. The van der Waals surface area contributed by atoms with Crippen molar-refractivity contribution in [3.05, 3.63) is 188 Å². The second-order valence-corrected chi connectivity index (χ2v) is 18.2. The average Bonchev–Trinajstić information content (AvgIpc) is 4.04. The smallest absolute Gasteiger partial charge is 0.505 e. The molecule has 1 unspecified atom stereocenters. The molecule has 0 spiro atoms. The van der Waals surface area contributed by atoms with Crippen molar-refractivity contribution in [1.82, 2.24) is 9.47 Å². The van der Waals surface area contributed by atoms with E-state index >= 15 is 0 Å². The SMILES string of the molecule is CC1CCC(N2C=CN(c3[c-]c4c(cc3)-n3c5ccccc5c5cccc(c53)C4(c3[c-]c(N4[CH-]N(C5CCC(C)CC5)c5ccccc54)ccc3)c3ccccc3)[CH-]2)CC1.[Pt+4]. The third-order valence-electron chi connectivity index (χ3n) is 14.7. The van der Waals surface area contributed by atoms with Gasteiger partial charge in [0.1, 0.15) is 0 Å². The topological polar surface area (TPSA) is 17.9 Å². The number of fused-ring (bicyclic) bond motifs is 6. The monoisotopic (exact) mass is 976 g/mol. The molecule has 3 aliphatic heterocycles. The second kappa shape index (κ2) is 15.3. The van der Waals surface area contributed by atoms with E-state index in [9.17, 15) is 0 Å². The molecule has 12 rings (SSSR count). The molecule has 2 fully saturated rings.